The van der Waals surface area contributed by atoms with Gasteiger partial charge in [-0.3, -0.25) is 15.1 Å². The molecule has 1 aliphatic rings. The number of aromatic nitrogens is 3. The number of hydrogen-bond acceptors (Lipinski definition) is 7. The summed E-state index contributed by atoms with van der Waals surface area (Å²) >= 11 is 0. The Balaban J connectivity index is 1.61. The fourth-order valence-electron chi connectivity index (χ4n) is 3.89. The summed E-state index contributed by atoms with van der Waals surface area (Å²) in [7, 11) is 1.51. The van der Waals surface area contributed by atoms with Gasteiger partial charge in [-0.2, -0.15) is 0 Å². The predicted octanol–water partition coefficient (Wildman–Crippen LogP) is 1.63. The predicted molar refractivity (Wildman–Crippen MR) is 123 cm³/mol. The molecular formula is C24H17N5O6. The zero-order valence-electron chi connectivity index (χ0n) is 18.2. The molecule has 0 bridgehead atoms. The van der Waals surface area contributed by atoms with E-state index in [-0.39, 0.29) is 29.2 Å². The van der Waals surface area contributed by atoms with Crippen LogP contribution in [-0.2, 0) is 11.3 Å². The molecule has 1 atom stereocenters. The molecule has 0 saturated carbocycles. The third kappa shape index (κ3) is 3.72. The summed E-state index contributed by atoms with van der Waals surface area (Å²) in [4.78, 5) is 44.5. The van der Waals surface area contributed by atoms with Gasteiger partial charge in [-0.1, -0.05) is 11.8 Å². The van der Waals surface area contributed by atoms with Gasteiger partial charge in [0.1, 0.15) is 11.4 Å². The van der Waals surface area contributed by atoms with Crippen LogP contribution < -0.4 is 15.4 Å². The standard InChI is InChI=1S/C24H17N5O6/c1-35-16-4-2-15-11-29(20(30)17(15)8-16)12-24(22(33)27-23(34)28-24)7-6-14-10-25-9-13-3-5-18(21(31)32)26-19(13)14/h2-5,8-11,30H,12H2,1H3,(H,31,32)(H2,27,28,33,34)/t24-/m1/s1. The number of carboxylic acid groups (broad SMARTS) is 1. The van der Waals surface area contributed by atoms with Gasteiger partial charge in [-0.05, 0) is 30.3 Å². The summed E-state index contributed by atoms with van der Waals surface area (Å²) < 4.78 is 6.61. The van der Waals surface area contributed by atoms with E-state index in [0.29, 0.717) is 21.9 Å². The monoisotopic (exact) mass is 471 g/mol. The van der Waals surface area contributed by atoms with Crippen molar-refractivity contribution in [1.82, 2.24) is 25.2 Å². The van der Waals surface area contributed by atoms with E-state index in [2.05, 4.69) is 32.4 Å². The summed E-state index contributed by atoms with van der Waals surface area (Å²) in [6.07, 6.45) is 4.53. The van der Waals surface area contributed by atoms with Crippen LogP contribution in [0.2, 0.25) is 0 Å². The van der Waals surface area contributed by atoms with E-state index in [1.54, 1.807) is 30.5 Å². The number of rotatable bonds is 4. The van der Waals surface area contributed by atoms with Crippen LogP contribution in [0.3, 0.4) is 0 Å². The molecular weight excluding hydrogens is 454 g/mol. The Morgan fingerprint density at radius 3 is 2.71 bits per heavy atom. The molecule has 174 valence electrons. The number of nitrogens with zero attached hydrogens (tertiary/aromatic N) is 3. The third-order valence-electron chi connectivity index (χ3n) is 5.65. The van der Waals surface area contributed by atoms with E-state index in [0.717, 1.165) is 0 Å². The van der Waals surface area contributed by atoms with Crippen molar-refractivity contribution in [1.29, 1.82) is 0 Å². The van der Waals surface area contributed by atoms with Crippen molar-refractivity contribution in [2.45, 2.75) is 12.1 Å². The van der Waals surface area contributed by atoms with Gasteiger partial charge in [0, 0.05) is 34.7 Å². The van der Waals surface area contributed by atoms with Crippen LogP contribution in [-0.4, -0.2) is 55.3 Å². The average molecular weight is 471 g/mol. The van der Waals surface area contributed by atoms with Gasteiger partial charge >= 0.3 is 12.0 Å². The second-order valence-electron chi connectivity index (χ2n) is 7.86. The number of urea groups is 1. The number of pyridine rings is 2. The maximum Gasteiger partial charge on any atom is 0.354 e. The van der Waals surface area contributed by atoms with E-state index < -0.39 is 23.4 Å². The highest BCUT2D eigenvalue weighted by Gasteiger charge is 2.46. The summed E-state index contributed by atoms with van der Waals surface area (Å²) in [6, 6.07) is 7.32. The van der Waals surface area contributed by atoms with E-state index in [4.69, 9.17) is 4.74 Å². The van der Waals surface area contributed by atoms with Crippen molar-refractivity contribution in [3.63, 3.8) is 0 Å². The molecule has 0 unspecified atom stereocenters. The maximum absolute atomic E-state index is 12.8. The van der Waals surface area contributed by atoms with Crippen molar-refractivity contribution in [3.8, 4) is 23.5 Å². The van der Waals surface area contributed by atoms with Crippen LogP contribution in [0.1, 0.15) is 16.1 Å². The molecule has 3 amide bonds. The topological polar surface area (TPSA) is 156 Å². The number of aromatic hydroxyl groups is 1. The van der Waals surface area contributed by atoms with Crippen LogP contribution in [0, 0.1) is 11.8 Å². The third-order valence-corrected chi connectivity index (χ3v) is 5.65. The Labute approximate surface area is 197 Å². The molecule has 35 heavy (non-hydrogen) atoms. The molecule has 1 fully saturated rings. The lowest BCUT2D eigenvalue weighted by Crippen LogP contribution is -2.49. The normalized spacial score (nSPS) is 17.1. The summed E-state index contributed by atoms with van der Waals surface area (Å²) in [6.45, 7) is -0.202. The minimum atomic E-state index is -1.72. The molecule has 0 spiro atoms. The van der Waals surface area contributed by atoms with Crippen LogP contribution in [0.15, 0.2) is 48.9 Å². The Kier molecular flexibility index (Phi) is 4.99. The minimum absolute atomic E-state index is 0.131. The molecule has 4 heterocycles. The molecule has 5 rings (SSSR count). The Bertz CT molecular complexity index is 1620. The molecule has 1 aliphatic heterocycles. The largest absolute Gasteiger partial charge is 0.497 e. The number of imide groups is 1. The number of fused-ring (bicyclic) bond motifs is 2. The Morgan fingerprint density at radius 2 is 2.00 bits per heavy atom. The lowest BCUT2D eigenvalue weighted by Gasteiger charge is -2.20. The van der Waals surface area contributed by atoms with Gasteiger partial charge in [0.2, 0.25) is 5.54 Å². The average Bonchev–Trinajstić information content (AvgIpc) is 3.31. The number of carbonyl (C=O) groups is 3. The second kappa shape index (κ2) is 8.03. The molecule has 0 aliphatic carbocycles. The molecule has 4 aromatic rings. The number of carbonyl (C=O) groups excluding carboxylic acids is 2. The zero-order chi connectivity index (χ0) is 24.7. The van der Waals surface area contributed by atoms with E-state index >= 15 is 0 Å². The Hall–Kier alpha value is -5.11. The number of aromatic carboxylic acids is 1. The van der Waals surface area contributed by atoms with Gasteiger partial charge in [0.05, 0.1) is 24.7 Å². The first kappa shape index (κ1) is 21.7. The number of carboxylic acids is 1. The van der Waals surface area contributed by atoms with Crippen molar-refractivity contribution in [2.24, 2.45) is 0 Å². The van der Waals surface area contributed by atoms with Gasteiger partial charge in [0.15, 0.2) is 5.88 Å². The van der Waals surface area contributed by atoms with Gasteiger partial charge in [-0.15, -0.1) is 0 Å². The molecule has 4 N–H and O–H groups in total. The van der Waals surface area contributed by atoms with E-state index in [1.807, 2.05) is 0 Å². The first-order valence-electron chi connectivity index (χ1n) is 10.3. The second-order valence-corrected chi connectivity index (χ2v) is 7.86. The molecule has 0 radical (unpaired) electrons. The number of amides is 3. The number of ether oxygens (including phenoxy) is 1. The van der Waals surface area contributed by atoms with Gasteiger partial charge in [0.25, 0.3) is 5.91 Å². The highest BCUT2D eigenvalue weighted by atomic mass is 16.5. The van der Waals surface area contributed by atoms with E-state index in [9.17, 15) is 24.6 Å². The molecule has 1 saturated heterocycles. The fourth-order valence-corrected chi connectivity index (χ4v) is 3.89. The molecule has 11 heteroatoms. The summed E-state index contributed by atoms with van der Waals surface area (Å²) in [5, 5.41) is 26.5. The van der Waals surface area contributed by atoms with Crippen LogP contribution in [0.5, 0.6) is 11.6 Å². The van der Waals surface area contributed by atoms with Crippen LogP contribution in [0.25, 0.3) is 21.7 Å². The van der Waals surface area contributed by atoms with Crippen molar-refractivity contribution in [3.05, 3.63) is 60.2 Å². The number of nitrogens with one attached hydrogen (secondary N) is 2. The quantitative estimate of drug-likeness (QED) is 0.259. The zero-order valence-corrected chi connectivity index (χ0v) is 18.2. The highest BCUT2D eigenvalue weighted by molar-refractivity contribution is 6.09. The van der Waals surface area contributed by atoms with Crippen LogP contribution >= 0.6 is 0 Å². The van der Waals surface area contributed by atoms with Crippen molar-refractivity contribution in [2.75, 3.05) is 7.11 Å². The van der Waals surface area contributed by atoms with Gasteiger partial charge < -0.3 is 24.8 Å². The Morgan fingerprint density at radius 1 is 1.20 bits per heavy atom. The van der Waals surface area contributed by atoms with Crippen molar-refractivity contribution >= 4 is 39.6 Å². The van der Waals surface area contributed by atoms with E-state index in [1.165, 1.54) is 30.1 Å². The highest BCUT2D eigenvalue weighted by Crippen LogP contribution is 2.32. The number of benzene rings is 1. The lowest BCUT2D eigenvalue weighted by atomic mass is 9.99. The minimum Gasteiger partial charge on any atom is -0.497 e. The van der Waals surface area contributed by atoms with Crippen LogP contribution in [0.4, 0.5) is 4.79 Å². The summed E-state index contributed by atoms with van der Waals surface area (Å²) in [5.74, 6) is 4.13. The van der Waals surface area contributed by atoms with Gasteiger partial charge in [-0.25, -0.2) is 14.6 Å². The maximum atomic E-state index is 12.8. The fraction of sp³-hybridized carbons (Fsp3) is 0.125. The first-order chi connectivity index (χ1) is 16.8. The smallest absolute Gasteiger partial charge is 0.354 e. The van der Waals surface area contributed by atoms with Crippen molar-refractivity contribution < 1.29 is 29.3 Å². The molecule has 1 aromatic carbocycles. The number of hydrogen-bond donors (Lipinski definition) is 4. The lowest BCUT2D eigenvalue weighted by molar-refractivity contribution is -0.122. The number of methoxy groups -OCH3 is 1. The SMILES string of the molecule is COc1ccc2cn(C[C@@]3(C#Cc4cncc5ccc(C(=O)O)nc45)NC(=O)NC3=O)c(O)c2c1. The summed E-state index contributed by atoms with van der Waals surface area (Å²) in [5.41, 5.74) is -1.34. The molecule has 3 aromatic heterocycles. The first-order valence-corrected chi connectivity index (χ1v) is 10.3. The molecule has 11 nitrogen and oxygen atoms in total.